The van der Waals surface area contributed by atoms with Gasteiger partial charge in [0, 0.05) is 29.8 Å². The number of aromatic nitrogens is 4. The van der Waals surface area contributed by atoms with E-state index in [0.29, 0.717) is 58.2 Å². The predicted octanol–water partition coefficient (Wildman–Crippen LogP) is 11.9. The Balaban J connectivity index is 0.000000231. The van der Waals surface area contributed by atoms with Gasteiger partial charge in [-0.2, -0.15) is 10.5 Å². The van der Waals surface area contributed by atoms with E-state index in [9.17, 15) is 9.59 Å². The fourth-order valence-electron chi connectivity index (χ4n) is 7.58. The third-order valence-electron chi connectivity index (χ3n) is 11.1. The molecule has 0 aliphatic carbocycles. The van der Waals surface area contributed by atoms with Crippen LogP contribution in [0.2, 0.25) is 10.3 Å². The maximum Gasteiger partial charge on any atom is 0.338 e. The highest BCUT2D eigenvalue weighted by atomic mass is 35.5. The van der Waals surface area contributed by atoms with Crippen LogP contribution in [0.5, 0.6) is 0 Å². The van der Waals surface area contributed by atoms with Gasteiger partial charge in [0.05, 0.1) is 28.8 Å². The van der Waals surface area contributed by atoms with Crippen LogP contribution in [0.3, 0.4) is 0 Å². The van der Waals surface area contributed by atoms with Crippen molar-refractivity contribution >= 4 is 59.4 Å². The normalized spacial score (nSPS) is 13.3. The molecule has 4 heterocycles. The van der Waals surface area contributed by atoms with E-state index in [4.69, 9.17) is 52.0 Å². The molecule has 0 bridgehead atoms. The van der Waals surface area contributed by atoms with Crippen molar-refractivity contribution in [2.45, 2.75) is 58.8 Å². The summed E-state index contributed by atoms with van der Waals surface area (Å²) in [6, 6.07) is 30.2. The number of nitriles is 2. The van der Waals surface area contributed by atoms with Gasteiger partial charge in [-0.3, -0.25) is 14.8 Å². The number of nitrogens with one attached hydrogen (secondary N) is 3. The van der Waals surface area contributed by atoms with Crippen molar-refractivity contribution in [3.05, 3.63) is 163 Å². The number of aromatic amines is 2. The number of carboxylic acids is 1. The monoisotopic (exact) mass is 928 g/mol. The van der Waals surface area contributed by atoms with Crippen LogP contribution >= 0.6 is 35.6 Å². The van der Waals surface area contributed by atoms with Gasteiger partial charge < -0.3 is 25.0 Å². The summed E-state index contributed by atoms with van der Waals surface area (Å²) in [5.74, 6) is 0.241. The molecule has 2 saturated heterocycles. The van der Waals surface area contributed by atoms with Crippen LogP contribution in [0.4, 0.5) is 11.9 Å². The lowest BCUT2D eigenvalue weighted by molar-refractivity contribution is 0.0693. The van der Waals surface area contributed by atoms with Crippen molar-refractivity contribution in [1.29, 1.82) is 10.5 Å². The van der Waals surface area contributed by atoms with Crippen molar-refractivity contribution in [3.8, 4) is 34.7 Å². The molecule has 1 amide bonds. The molecule has 13 nitrogen and oxygen atoms in total. The molecule has 65 heavy (non-hydrogen) atoms. The molecule has 332 valence electrons. The minimum atomic E-state index is -1.02. The van der Waals surface area contributed by atoms with Gasteiger partial charge >= 0.3 is 17.9 Å². The van der Waals surface area contributed by atoms with Crippen molar-refractivity contribution in [1.82, 2.24) is 30.2 Å². The van der Waals surface area contributed by atoms with E-state index >= 15 is 0 Å². The highest BCUT2D eigenvalue weighted by molar-refractivity contribution is 6.32. The average Bonchev–Trinajstić information content (AvgIpc) is 3.90. The molecule has 8 rings (SSSR count). The minimum absolute atomic E-state index is 0. The SMILES string of the molecule is C.Cl.N#Cc1ccc(C2CCNCC2)cc1.[C-]#[N+]c1nc(-c2cc(C(=O)N3CCC(c4ccc(C#N)cc4)CC3)ccc2C)c(Cl)[nH]1.[C-]#[N+]c1nc(-c2cc(C(=O)O)ccc2C)c(Cl)[nH]1. The van der Waals surface area contributed by atoms with Gasteiger partial charge in [0.15, 0.2) is 21.7 Å². The molecule has 4 aromatic carbocycles. The summed E-state index contributed by atoms with van der Waals surface area (Å²) in [4.78, 5) is 46.0. The number of nitrogens with zero attached hydrogens (tertiary/aromatic N) is 7. The summed E-state index contributed by atoms with van der Waals surface area (Å²) in [6.45, 7) is 21.3. The van der Waals surface area contributed by atoms with Crippen LogP contribution in [0.1, 0.15) is 99.0 Å². The number of aryl methyl sites for hydroxylation is 2. The van der Waals surface area contributed by atoms with Gasteiger partial charge in [0.1, 0.15) is 0 Å². The molecule has 4 N–H and O–H groups in total. The Bertz CT molecular complexity index is 2780. The Hall–Kier alpha value is -6.97. The Labute approximate surface area is 395 Å². The molecule has 2 aliphatic rings. The van der Waals surface area contributed by atoms with E-state index in [1.807, 2.05) is 67.3 Å². The molecule has 0 spiro atoms. The molecule has 0 unspecified atom stereocenters. The summed E-state index contributed by atoms with van der Waals surface area (Å²) in [5, 5.41) is 30.5. The lowest BCUT2D eigenvalue weighted by atomic mass is 9.88. The highest BCUT2D eigenvalue weighted by Gasteiger charge is 2.26. The van der Waals surface area contributed by atoms with Crippen molar-refractivity contribution < 1.29 is 14.7 Å². The summed E-state index contributed by atoms with van der Waals surface area (Å²) in [7, 11) is 0. The first kappa shape index (κ1) is 50.7. The van der Waals surface area contributed by atoms with E-state index in [0.717, 1.165) is 48.2 Å². The molecule has 16 heteroatoms. The van der Waals surface area contributed by atoms with E-state index in [-0.39, 0.29) is 48.4 Å². The summed E-state index contributed by atoms with van der Waals surface area (Å²) < 4.78 is 0. The number of likely N-dealkylation sites (tertiary alicyclic amines) is 1. The summed E-state index contributed by atoms with van der Waals surface area (Å²) in [6.07, 6.45) is 4.20. The second kappa shape index (κ2) is 23.6. The van der Waals surface area contributed by atoms with Crippen LogP contribution in [0.15, 0.2) is 84.9 Å². The zero-order valence-corrected chi connectivity index (χ0v) is 37.3. The number of carbonyl (C=O) groups is 2. The number of aromatic carboxylic acids is 1. The number of hydrogen-bond donors (Lipinski definition) is 4. The second-order valence-electron chi connectivity index (χ2n) is 15.1. The van der Waals surface area contributed by atoms with E-state index in [2.05, 4.69) is 59.2 Å². The van der Waals surface area contributed by atoms with Gasteiger partial charge in [-0.25, -0.2) is 4.79 Å². The number of benzene rings is 4. The minimum Gasteiger partial charge on any atom is -0.478 e. The quantitative estimate of drug-likeness (QED) is 0.119. The zero-order chi connectivity index (χ0) is 45.0. The fourth-order valence-corrected chi connectivity index (χ4v) is 8.03. The first-order valence-corrected chi connectivity index (χ1v) is 20.9. The number of carbonyl (C=O) groups excluding carboxylic acids is 1. The fraction of sp³-hybridized carbons (Fsp3) is 0.265. The van der Waals surface area contributed by atoms with Crippen molar-refractivity contribution in [3.63, 3.8) is 0 Å². The van der Waals surface area contributed by atoms with Gasteiger partial charge in [-0.05, 0) is 158 Å². The van der Waals surface area contributed by atoms with Crippen LogP contribution < -0.4 is 5.32 Å². The Morgan fingerprint density at radius 3 is 1.52 bits per heavy atom. The van der Waals surface area contributed by atoms with E-state index in [1.165, 1.54) is 36.1 Å². The third-order valence-corrected chi connectivity index (χ3v) is 11.7. The van der Waals surface area contributed by atoms with Gasteiger partial charge in [-0.15, -0.1) is 35.5 Å². The van der Waals surface area contributed by atoms with Gasteiger partial charge in [-0.1, -0.05) is 43.8 Å². The number of imidazole rings is 2. The molecule has 6 aromatic rings. The average molecular weight is 930 g/mol. The Morgan fingerprint density at radius 1 is 0.708 bits per heavy atom. The largest absolute Gasteiger partial charge is 0.478 e. The molecular weight excluding hydrogens is 883 g/mol. The summed E-state index contributed by atoms with van der Waals surface area (Å²) in [5.41, 5.74) is 8.74. The lowest BCUT2D eigenvalue weighted by Gasteiger charge is -2.32. The van der Waals surface area contributed by atoms with E-state index < -0.39 is 5.97 Å². The summed E-state index contributed by atoms with van der Waals surface area (Å²) >= 11 is 12.2. The van der Waals surface area contributed by atoms with Crippen LogP contribution in [-0.2, 0) is 0 Å². The maximum atomic E-state index is 13.1. The topological polar surface area (TPSA) is 183 Å². The molecule has 0 saturated carbocycles. The van der Waals surface area contributed by atoms with Crippen LogP contribution in [0, 0.1) is 49.7 Å². The van der Waals surface area contributed by atoms with Gasteiger partial charge in [0.2, 0.25) is 0 Å². The first-order valence-electron chi connectivity index (χ1n) is 20.1. The molecule has 2 aromatic heterocycles. The highest BCUT2D eigenvalue weighted by Crippen LogP contribution is 2.34. The van der Waals surface area contributed by atoms with Crippen molar-refractivity contribution in [2.75, 3.05) is 26.2 Å². The number of piperidine rings is 2. The molecular formula is C49H47Cl3N10O3. The molecule has 0 radical (unpaired) electrons. The number of amides is 1. The smallest absolute Gasteiger partial charge is 0.338 e. The number of carboxylic acid groups (broad SMARTS) is 1. The van der Waals surface area contributed by atoms with Gasteiger partial charge in [0.25, 0.3) is 5.91 Å². The standard InChI is InChI=1S/C24H20ClN5O.C12H8ClN3O2.C12H14N2.CH4.ClH/c1-15-3-6-19(13-20(15)21-22(25)29-24(27-2)28-21)23(31)30-11-9-18(10-12-30)17-7-4-16(14-26)5-8-17;1-6-3-4-7(11(17)18)5-8(6)9-10(13)16-12(14-2)15-9;13-9-10-1-3-11(4-2-10)12-5-7-14-8-6-12;;/h3-8,13,18H,9-12H2,1H3,(H,28,29);3-5H,1H3,(H,15,16)(H,17,18);1-4,12,14H,5-8H2;1H4;1H. The van der Waals surface area contributed by atoms with Crippen LogP contribution in [0.25, 0.3) is 32.2 Å². The van der Waals surface area contributed by atoms with Crippen LogP contribution in [-0.4, -0.2) is 68.0 Å². The Kier molecular flexibility index (Phi) is 18.4. The second-order valence-corrected chi connectivity index (χ2v) is 15.8. The number of H-pyrrole nitrogens is 2. The third kappa shape index (κ3) is 12.6. The lowest BCUT2D eigenvalue weighted by Crippen LogP contribution is -2.37. The first-order chi connectivity index (χ1) is 30.4. The number of rotatable bonds is 6. The molecule has 2 fully saturated rings. The van der Waals surface area contributed by atoms with Crippen molar-refractivity contribution in [2.24, 2.45) is 0 Å². The zero-order valence-electron chi connectivity index (χ0n) is 35.0. The molecule has 2 aliphatic heterocycles. The van der Waals surface area contributed by atoms with E-state index in [1.54, 1.807) is 12.1 Å². The number of hydrogen-bond acceptors (Lipinski definition) is 7. The molecule has 0 atom stereocenters. The number of halogens is 3. The maximum absolute atomic E-state index is 13.1. The Morgan fingerprint density at radius 2 is 1.12 bits per heavy atom. The predicted molar refractivity (Wildman–Crippen MR) is 256 cm³/mol.